The summed E-state index contributed by atoms with van der Waals surface area (Å²) < 4.78 is 29.3. The smallest absolute Gasteiger partial charge is 0.262 e. The van der Waals surface area contributed by atoms with Gasteiger partial charge in [0.1, 0.15) is 0 Å². The largest absolute Gasteiger partial charge is 0.277 e. The molecule has 1 heterocycles. The van der Waals surface area contributed by atoms with Gasteiger partial charge in [0.25, 0.3) is 10.0 Å². The number of fused-ring (bicyclic) bond motifs is 1. The molecule has 0 amide bonds. The van der Waals surface area contributed by atoms with E-state index in [2.05, 4.69) is 16.6 Å². The first-order valence-electron chi connectivity index (χ1n) is 14.1. The Kier molecular flexibility index (Phi) is 12.3. The second-order valence-corrected chi connectivity index (χ2v) is 11.6. The number of aryl methyl sites for hydroxylation is 1. The fourth-order valence-electron chi connectivity index (χ4n) is 4.87. The van der Waals surface area contributed by atoms with Crippen LogP contribution in [0.15, 0.2) is 65.7 Å². The topological polar surface area (TPSA) is 59.1 Å². The van der Waals surface area contributed by atoms with Crippen molar-refractivity contribution in [2.45, 2.75) is 108 Å². The van der Waals surface area contributed by atoms with Crippen LogP contribution >= 0.6 is 0 Å². The number of rotatable bonds is 18. The van der Waals surface area contributed by atoms with Crippen molar-refractivity contribution in [1.82, 2.24) is 4.98 Å². The predicted molar refractivity (Wildman–Crippen MR) is 153 cm³/mol. The number of benzene rings is 2. The number of pyridine rings is 1. The number of hydrogen-bond acceptors (Lipinski definition) is 3. The van der Waals surface area contributed by atoms with E-state index in [4.69, 9.17) is 0 Å². The third kappa shape index (κ3) is 9.24. The Morgan fingerprint density at radius 1 is 0.667 bits per heavy atom. The fraction of sp³-hybridized carbons (Fsp3) is 0.516. The van der Waals surface area contributed by atoms with Crippen LogP contribution in [-0.4, -0.2) is 13.4 Å². The van der Waals surface area contributed by atoms with E-state index in [1.54, 1.807) is 24.4 Å². The number of unbranched alkanes of at least 4 members (excludes halogenated alkanes) is 13. The van der Waals surface area contributed by atoms with E-state index in [1.807, 2.05) is 36.4 Å². The molecule has 0 fully saturated rings. The zero-order chi connectivity index (χ0) is 25.5. The standard InChI is InChI=1S/C31H44N2O2S/c1-2-3-4-5-6-7-8-9-10-11-12-13-14-15-20-27-21-16-17-25-30(27)36(34,35)33-29-24-18-22-28-23-19-26-32-31(28)29/h16-19,21-26,33H,2-15,20H2,1H3. The zero-order valence-corrected chi connectivity index (χ0v) is 22.9. The summed E-state index contributed by atoms with van der Waals surface area (Å²) in [6, 6.07) is 16.7. The molecule has 0 aliphatic rings. The molecule has 0 aliphatic heterocycles. The van der Waals surface area contributed by atoms with Gasteiger partial charge in [0, 0.05) is 11.6 Å². The van der Waals surface area contributed by atoms with E-state index in [0.717, 1.165) is 30.2 Å². The summed E-state index contributed by atoms with van der Waals surface area (Å²) in [5.41, 5.74) is 2.06. The average Bonchev–Trinajstić information content (AvgIpc) is 2.89. The van der Waals surface area contributed by atoms with Gasteiger partial charge in [-0.15, -0.1) is 0 Å². The Morgan fingerprint density at radius 3 is 1.92 bits per heavy atom. The molecule has 1 N–H and O–H groups in total. The van der Waals surface area contributed by atoms with Gasteiger partial charge in [0.15, 0.2) is 0 Å². The highest BCUT2D eigenvalue weighted by molar-refractivity contribution is 7.92. The summed E-state index contributed by atoms with van der Waals surface area (Å²) in [5.74, 6) is 0. The molecule has 3 aromatic rings. The van der Waals surface area contributed by atoms with Crippen molar-refractivity contribution in [1.29, 1.82) is 0 Å². The molecule has 1 aromatic heterocycles. The molecule has 0 saturated heterocycles. The van der Waals surface area contributed by atoms with Gasteiger partial charge in [-0.2, -0.15) is 0 Å². The summed E-state index contributed by atoms with van der Waals surface area (Å²) in [4.78, 5) is 4.74. The van der Waals surface area contributed by atoms with Crippen LogP contribution in [0.4, 0.5) is 5.69 Å². The Bertz CT molecular complexity index is 1140. The van der Waals surface area contributed by atoms with Gasteiger partial charge < -0.3 is 0 Å². The molecule has 0 radical (unpaired) electrons. The number of para-hydroxylation sites is 1. The number of nitrogens with zero attached hydrogens (tertiary/aromatic N) is 1. The second kappa shape index (κ2) is 15.7. The van der Waals surface area contributed by atoms with Gasteiger partial charge in [0.2, 0.25) is 0 Å². The molecule has 2 aromatic carbocycles. The second-order valence-electron chi connectivity index (χ2n) is 9.94. The summed E-state index contributed by atoms with van der Waals surface area (Å²) in [7, 11) is -3.69. The van der Waals surface area contributed by atoms with E-state index in [0.29, 0.717) is 16.1 Å². The highest BCUT2D eigenvalue weighted by Crippen LogP contribution is 2.26. The van der Waals surface area contributed by atoms with Crippen LogP contribution in [0.2, 0.25) is 0 Å². The lowest BCUT2D eigenvalue weighted by Crippen LogP contribution is -2.15. The van der Waals surface area contributed by atoms with Crippen LogP contribution in [-0.2, 0) is 16.4 Å². The van der Waals surface area contributed by atoms with E-state index in [-0.39, 0.29) is 0 Å². The van der Waals surface area contributed by atoms with Crippen molar-refractivity contribution in [2.75, 3.05) is 4.72 Å². The molecule has 196 valence electrons. The number of sulfonamides is 1. The molecule has 0 bridgehead atoms. The van der Waals surface area contributed by atoms with Gasteiger partial charge in [-0.05, 0) is 36.6 Å². The van der Waals surface area contributed by atoms with Crippen LogP contribution in [0.1, 0.15) is 102 Å². The first-order chi connectivity index (χ1) is 17.6. The maximum Gasteiger partial charge on any atom is 0.262 e. The molecule has 5 heteroatoms. The van der Waals surface area contributed by atoms with E-state index in [9.17, 15) is 8.42 Å². The molecule has 0 atom stereocenters. The van der Waals surface area contributed by atoms with Crippen LogP contribution in [0, 0.1) is 0 Å². The normalized spacial score (nSPS) is 11.7. The lowest BCUT2D eigenvalue weighted by Gasteiger charge is -2.13. The quantitative estimate of drug-likeness (QED) is 0.174. The van der Waals surface area contributed by atoms with Gasteiger partial charge in [-0.1, -0.05) is 127 Å². The number of anilines is 1. The molecule has 4 nitrogen and oxygen atoms in total. The Hall–Kier alpha value is -2.40. The Labute approximate surface area is 219 Å². The number of hydrogen-bond donors (Lipinski definition) is 1. The van der Waals surface area contributed by atoms with Crippen molar-refractivity contribution in [2.24, 2.45) is 0 Å². The van der Waals surface area contributed by atoms with Crippen molar-refractivity contribution in [3.63, 3.8) is 0 Å². The summed E-state index contributed by atoms with van der Waals surface area (Å²) >= 11 is 0. The molecule has 0 spiro atoms. The Morgan fingerprint density at radius 2 is 1.25 bits per heavy atom. The van der Waals surface area contributed by atoms with Crippen molar-refractivity contribution in [3.05, 3.63) is 66.4 Å². The molecule has 0 aliphatic carbocycles. The molecular weight excluding hydrogens is 464 g/mol. The van der Waals surface area contributed by atoms with E-state index >= 15 is 0 Å². The lowest BCUT2D eigenvalue weighted by molar-refractivity contribution is 0.535. The fourth-order valence-corrected chi connectivity index (χ4v) is 6.21. The molecular formula is C31H44N2O2S. The maximum atomic E-state index is 13.3. The third-order valence-corrected chi connectivity index (χ3v) is 8.40. The zero-order valence-electron chi connectivity index (χ0n) is 22.1. The van der Waals surface area contributed by atoms with Gasteiger partial charge >= 0.3 is 0 Å². The highest BCUT2D eigenvalue weighted by atomic mass is 32.2. The monoisotopic (exact) mass is 508 g/mol. The number of aromatic nitrogens is 1. The van der Waals surface area contributed by atoms with Gasteiger partial charge in [-0.25, -0.2) is 8.42 Å². The lowest BCUT2D eigenvalue weighted by atomic mass is 10.0. The molecule has 3 rings (SSSR count). The van der Waals surface area contributed by atoms with E-state index < -0.39 is 10.0 Å². The van der Waals surface area contributed by atoms with Crippen molar-refractivity contribution in [3.8, 4) is 0 Å². The van der Waals surface area contributed by atoms with Gasteiger partial charge in [-0.3, -0.25) is 9.71 Å². The minimum atomic E-state index is -3.69. The first kappa shape index (κ1) is 28.2. The molecule has 0 unspecified atom stereocenters. The first-order valence-corrected chi connectivity index (χ1v) is 15.5. The summed E-state index contributed by atoms with van der Waals surface area (Å²) in [5, 5.41) is 0.911. The van der Waals surface area contributed by atoms with Crippen molar-refractivity contribution >= 4 is 26.6 Å². The average molecular weight is 509 g/mol. The van der Waals surface area contributed by atoms with Crippen molar-refractivity contribution < 1.29 is 8.42 Å². The predicted octanol–water partition coefficient (Wildman–Crippen LogP) is 9.06. The number of nitrogens with one attached hydrogen (secondary N) is 1. The van der Waals surface area contributed by atoms with Crippen LogP contribution < -0.4 is 4.72 Å². The minimum absolute atomic E-state index is 0.368. The summed E-state index contributed by atoms with van der Waals surface area (Å²) in [6.45, 7) is 2.27. The molecule has 0 saturated carbocycles. The van der Waals surface area contributed by atoms with E-state index in [1.165, 1.54) is 77.0 Å². The van der Waals surface area contributed by atoms with Gasteiger partial charge in [0.05, 0.1) is 16.1 Å². The maximum absolute atomic E-state index is 13.3. The highest BCUT2D eigenvalue weighted by Gasteiger charge is 2.19. The SMILES string of the molecule is CCCCCCCCCCCCCCCCc1ccccc1S(=O)(=O)Nc1cccc2cccnc12. The Balaban J connectivity index is 1.38. The summed E-state index contributed by atoms with van der Waals surface area (Å²) in [6.07, 6.45) is 20.9. The van der Waals surface area contributed by atoms with Crippen LogP contribution in [0.5, 0.6) is 0 Å². The minimum Gasteiger partial charge on any atom is -0.277 e. The van der Waals surface area contributed by atoms with Crippen LogP contribution in [0.3, 0.4) is 0 Å². The third-order valence-electron chi connectivity index (χ3n) is 6.94. The molecule has 36 heavy (non-hydrogen) atoms. The van der Waals surface area contributed by atoms with Crippen LogP contribution in [0.25, 0.3) is 10.9 Å².